The van der Waals surface area contributed by atoms with Crippen LogP contribution in [0.5, 0.6) is 11.5 Å². The number of benzene rings is 1. The average molecular weight is 519 g/mol. The van der Waals surface area contributed by atoms with Gasteiger partial charge in [0.15, 0.2) is 11.5 Å². The van der Waals surface area contributed by atoms with E-state index in [2.05, 4.69) is 11.0 Å². The second-order valence-electron chi connectivity index (χ2n) is 13.2. The number of aliphatic hydroxyl groups is 1. The van der Waals surface area contributed by atoms with E-state index in [4.69, 9.17) is 4.74 Å². The zero-order valence-corrected chi connectivity index (χ0v) is 22.0. The summed E-state index contributed by atoms with van der Waals surface area (Å²) in [6.07, 6.45) is 12.5. The van der Waals surface area contributed by atoms with Gasteiger partial charge in [0.1, 0.15) is 6.10 Å². The number of phenolic OH excluding ortho intramolecular Hbond substituents is 1. The summed E-state index contributed by atoms with van der Waals surface area (Å²) in [7, 11) is 0. The lowest BCUT2D eigenvalue weighted by Gasteiger charge is -2.64. The molecule has 7 heteroatoms. The van der Waals surface area contributed by atoms with Crippen LogP contribution in [-0.2, 0) is 21.4 Å². The summed E-state index contributed by atoms with van der Waals surface area (Å²) in [6.45, 7) is 1.88. The highest BCUT2D eigenvalue weighted by molar-refractivity contribution is 6.13. The van der Waals surface area contributed by atoms with Gasteiger partial charge < -0.3 is 14.9 Å². The maximum Gasteiger partial charge on any atom is 0.256 e. The molecule has 7 nitrogen and oxygen atoms in total. The smallest absolute Gasteiger partial charge is 0.256 e. The molecular weight excluding hydrogens is 480 g/mol. The van der Waals surface area contributed by atoms with Crippen LogP contribution in [0.25, 0.3) is 0 Å². The van der Waals surface area contributed by atoms with E-state index in [1.807, 2.05) is 6.07 Å². The minimum atomic E-state index is -1.01. The number of amides is 2. The van der Waals surface area contributed by atoms with Crippen molar-refractivity contribution in [1.29, 1.82) is 0 Å². The van der Waals surface area contributed by atoms with E-state index in [-0.39, 0.29) is 30.0 Å². The molecule has 202 valence electrons. The SMILES string of the molecule is O=C1CC(=CC2CCCCC2)C(=O)N1[C@@H]1CCC2(O)[C@H]3Cc4ccc(O)c5c4[C@@]2(CCN3CC2CC2)[C@H]1O5. The molecule has 1 spiro atoms. The van der Waals surface area contributed by atoms with E-state index < -0.39 is 23.2 Å². The van der Waals surface area contributed by atoms with Crippen LogP contribution in [0.15, 0.2) is 23.8 Å². The van der Waals surface area contributed by atoms with Crippen molar-refractivity contribution in [3.05, 3.63) is 34.9 Å². The Balaban J connectivity index is 1.19. The van der Waals surface area contributed by atoms with Gasteiger partial charge in [0.2, 0.25) is 5.91 Å². The number of hydrogen-bond acceptors (Lipinski definition) is 6. The van der Waals surface area contributed by atoms with Gasteiger partial charge in [-0.15, -0.1) is 0 Å². The van der Waals surface area contributed by atoms with Gasteiger partial charge in [0.05, 0.1) is 23.5 Å². The van der Waals surface area contributed by atoms with Crippen LogP contribution >= 0.6 is 0 Å². The topological polar surface area (TPSA) is 90.3 Å². The number of carbonyl (C=O) groups excluding carboxylic acids is 2. The molecule has 2 N–H and O–H groups in total. The third kappa shape index (κ3) is 3.03. The molecule has 1 unspecified atom stereocenters. The van der Waals surface area contributed by atoms with Crippen molar-refractivity contribution in [2.45, 2.75) is 106 Å². The van der Waals surface area contributed by atoms with E-state index in [9.17, 15) is 19.8 Å². The van der Waals surface area contributed by atoms with Gasteiger partial charge in [0, 0.05) is 23.7 Å². The zero-order chi connectivity index (χ0) is 25.8. The summed E-state index contributed by atoms with van der Waals surface area (Å²) >= 11 is 0. The molecule has 3 aliphatic heterocycles. The van der Waals surface area contributed by atoms with Gasteiger partial charge in [-0.2, -0.15) is 0 Å². The number of allylic oxidation sites excluding steroid dienone is 1. The van der Waals surface area contributed by atoms with Gasteiger partial charge in [-0.3, -0.25) is 19.4 Å². The standard InChI is InChI=1S/C31H38N2O5/c34-23-9-8-20-15-24-31(37)11-10-22(33-25(35)16-21(29(33)36)14-18-4-2-1-3-5-18)28-30(31,26(20)27(23)38-28)12-13-32(24)17-19-6-7-19/h8-9,14,18-19,22,24,28,34,37H,1-7,10-13,15-17H2/t22-,24-,28+,30+,31?/m1/s1. The monoisotopic (exact) mass is 518 g/mol. The number of phenols is 1. The molecule has 4 aliphatic carbocycles. The van der Waals surface area contributed by atoms with E-state index in [1.54, 1.807) is 6.07 Å². The van der Waals surface area contributed by atoms with Gasteiger partial charge in [-0.1, -0.05) is 31.4 Å². The van der Waals surface area contributed by atoms with Crippen LogP contribution in [0.2, 0.25) is 0 Å². The second kappa shape index (κ2) is 8.07. The Morgan fingerprint density at radius 1 is 1.05 bits per heavy atom. The van der Waals surface area contributed by atoms with Crippen LogP contribution in [0.4, 0.5) is 0 Å². The number of likely N-dealkylation sites (tertiary alicyclic amines) is 2. The van der Waals surface area contributed by atoms with Gasteiger partial charge in [0.25, 0.3) is 5.91 Å². The lowest BCUT2D eigenvalue weighted by Crippen LogP contribution is -2.78. The lowest BCUT2D eigenvalue weighted by atomic mass is 9.48. The molecule has 1 aromatic rings. The number of carbonyl (C=O) groups is 2. The Bertz CT molecular complexity index is 1250. The van der Waals surface area contributed by atoms with Crippen LogP contribution in [0, 0.1) is 11.8 Å². The maximum atomic E-state index is 13.8. The number of piperidine rings is 1. The Morgan fingerprint density at radius 2 is 1.87 bits per heavy atom. The maximum absolute atomic E-state index is 13.8. The molecule has 1 aromatic carbocycles. The summed E-state index contributed by atoms with van der Waals surface area (Å²) in [4.78, 5) is 31.2. The highest BCUT2D eigenvalue weighted by Gasteiger charge is 2.74. The molecule has 0 radical (unpaired) electrons. The van der Waals surface area contributed by atoms with Crippen molar-refractivity contribution in [3.8, 4) is 11.5 Å². The van der Waals surface area contributed by atoms with Crippen molar-refractivity contribution < 1.29 is 24.5 Å². The number of nitrogens with zero attached hydrogens (tertiary/aromatic N) is 2. The number of ether oxygens (including phenoxy) is 1. The number of hydrogen-bond donors (Lipinski definition) is 2. The first-order chi connectivity index (χ1) is 18.4. The average Bonchev–Trinajstić information content (AvgIpc) is 3.59. The summed E-state index contributed by atoms with van der Waals surface area (Å²) in [6, 6.07) is 3.24. The number of imide groups is 1. The van der Waals surface area contributed by atoms with Crippen molar-refractivity contribution in [2.24, 2.45) is 11.8 Å². The molecule has 7 aliphatic rings. The van der Waals surface area contributed by atoms with Gasteiger partial charge in [-0.25, -0.2) is 0 Å². The van der Waals surface area contributed by atoms with E-state index >= 15 is 0 Å². The third-order valence-corrected chi connectivity index (χ3v) is 11.3. The molecule has 38 heavy (non-hydrogen) atoms. The fraction of sp³-hybridized carbons (Fsp3) is 0.677. The molecule has 2 saturated heterocycles. The first-order valence-electron chi connectivity index (χ1n) is 15.0. The number of aromatic hydroxyl groups is 1. The van der Waals surface area contributed by atoms with Gasteiger partial charge >= 0.3 is 0 Å². The molecule has 5 fully saturated rings. The zero-order valence-electron chi connectivity index (χ0n) is 22.0. The Hall–Kier alpha value is -2.38. The highest BCUT2D eigenvalue weighted by Crippen LogP contribution is 2.66. The van der Waals surface area contributed by atoms with Crippen molar-refractivity contribution in [2.75, 3.05) is 13.1 Å². The minimum absolute atomic E-state index is 0.0152. The fourth-order valence-electron chi connectivity index (χ4n) is 9.36. The third-order valence-electron chi connectivity index (χ3n) is 11.3. The molecule has 2 bridgehead atoms. The molecule has 2 amide bonds. The molecule has 3 saturated carbocycles. The summed E-state index contributed by atoms with van der Waals surface area (Å²) in [5, 5.41) is 23.5. The largest absolute Gasteiger partial charge is 0.504 e. The first kappa shape index (κ1) is 23.5. The van der Waals surface area contributed by atoms with Crippen molar-refractivity contribution >= 4 is 11.8 Å². The lowest BCUT2D eigenvalue weighted by molar-refractivity contribution is -0.201. The minimum Gasteiger partial charge on any atom is -0.504 e. The molecule has 3 heterocycles. The Kier molecular flexibility index (Phi) is 4.99. The molecular formula is C31H38N2O5. The van der Waals surface area contributed by atoms with Crippen molar-refractivity contribution in [3.63, 3.8) is 0 Å². The number of rotatable bonds is 4. The summed E-state index contributed by atoms with van der Waals surface area (Å²) < 4.78 is 6.62. The Labute approximate surface area is 223 Å². The highest BCUT2D eigenvalue weighted by atomic mass is 16.5. The van der Waals surface area contributed by atoms with Crippen LogP contribution < -0.4 is 4.74 Å². The molecule has 0 aromatic heterocycles. The van der Waals surface area contributed by atoms with Gasteiger partial charge in [-0.05, 0) is 81.4 Å². The predicted octanol–water partition coefficient (Wildman–Crippen LogP) is 3.59. The quantitative estimate of drug-likeness (QED) is 0.468. The van der Waals surface area contributed by atoms with E-state index in [0.29, 0.717) is 36.5 Å². The Morgan fingerprint density at radius 3 is 2.66 bits per heavy atom. The molecule has 5 atom stereocenters. The first-order valence-corrected chi connectivity index (χ1v) is 15.0. The second-order valence-corrected chi connectivity index (χ2v) is 13.2. The summed E-state index contributed by atoms with van der Waals surface area (Å²) in [5.41, 5.74) is 0.973. The van der Waals surface area contributed by atoms with Crippen molar-refractivity contribution in [1.82, 2.24) is 9.80 Å². The van der Waals surface area contributed by atoms with Crippen LogP contribution in [0.1, 0.15) is 81.8 Å². The van der Waals surface area contributed by atoms with E-state index in [0.717, 1.165) is 49.4 Å². The normalized spacial score (nSPS) is 39.6. The van der Waals surface area contributed by atoms with Crippen LogP contribution in [0.3, 0.4) is 0 Å². The fourth-order valence-corrected chi connectivity index (χ4v) is 9.36. The predicted molar refractivity (Wildman–Crippen MR) is 140 cm³/mol. The van der Waals surface area contributed by atoms with E-state index in [1.165, 1.54) is 37.0 Å². The molecule has 8 rings (SSSR count). The van der Waals surface area contributed by atoms with Crippen LogP contribution in [-0.4, -0.2) is 68.7 Å². The summed E-state index contributed by atoms with van der Waals surface area (Å²) in [5.74, 6) is 1.34.